The zero-order chi connectivity index (χ0) is 15.1. The van der Waals surface area contributed by atoms with Gasteiger partial charge in [0.15, 0.2) is 0 Å². The van der Waals surface area contributed by atoms with Crippen LogP contribution in [0, 0.1) is 5.41 Å². The standard InChI is InChI=1S/C15H22N2O3/c1-15(2,3)11-8-17(14(19)20)7-6-10-9(11)4-5-12(16)13(10)18/h4-5,11,18H,6-8,16H2,1-3H3,(H,19,20). The minimum Gasteiger partial charge on any atom is -0.505 e. The fourth-order valence-corrected chi connectivity index (χ4v) is 2.83. The van der Waals surface area contributed by atoms with Gasteiger partial charge in [0.2, 0.25) is 0 Å². The molecular formula is C15H22N2O3. The van der Waals surface area contributed by atoms with Crippen LogP contribution in [0.2, 0.25) is 0 Å². The first-order valence-electron chi connectivity index (χ1n) is 6.80. The SMILES string of the molecule is CC(C)(C)C1CN(C(=O)O)CCc2c1ccc(N)c2O. The molecule has 1 aliphatic rings. The number of fused-ring (bicyclic) bond motifs is 1. The third-order valence-electron chi connectivity index (χ3n) is 4.08. The number of phenols is 1. The monoisotopic (exact) mass is 278 g/mol. The number of nitrogens with two attached hydrogens (primary N) is 1. The lowest BCUT2D eigenvalue weighted by Crippen LogP contribution is -2.36. The van der Waals surface area contributed by atoms with Crippen LogP contribution in [0.3, 0.4) is 0 Å². The van der Waals surface area contributed by atoms with Gasteiger partial charge in [-0.2, -0.15) is 0 Å². The Morgan fingerprint density at radius 2 is 2.05 bits per heavy atom. The molecule has 4 N–H and O–H groups in total. The van der Waals surface area contributed by atoms with E-state index in [9.17, 15) is 15.0 Å². The molecule has 20 heavy (non-hydrogen) atoms. The van der Waals surface area contributed by atoms with E-state index in [1.807, 2.05) is 6.07 Å². The molecule has 0 spiro atoms. The maximum Gasteiger partial charge on any atom is 0.407 e. The fourth-order valence-electron chi connectivity index (χ4n) is 2.83. The molecule has 1 aromatic carbocycles. The average Bonchev–Trinajstić information content (AvgIpc) is 2.53. The molecule has 1 aromatic rings. The summed E-state index contributed by atoms with van der Waals surface area (Å²) in [5.74, 6) is 0.131. The van der Waals surface area contributed by atoms with Gasteiger partial charge in [0.25, 0.3) is 0 Å². The number of hydrogen-bond donors (Lipinski definition) is 3. The second kappa shape index (κ2) is 4.89. The highest BCUT2D eigenvalue weighted by Gasteiger charge is 2.34. The Kier molecular flexibility index (Phi) is 3.54. The van der Waals surface area contributed by atoms with Gasteiger partial charge in [-0.15, -0.1) is 0 Å². The van der Waals surface area contributed by atoms with Crippen LogP contribution < -0.4 is 5.73 Å². The molecule has 5 heteroatoms. The molecule has 1 atom stereocenters. The van der Waals surface area contributed by atoms with Gasteiger partial charge in [-0.25, -0.2) is 4.79 Å². The smallest absolute Gasteiger partial charge is 0.407 e. The number of nitrogens with zero attached hydrogens (tertiary/aromatic N) is 1. The van der Waals surface area contributed by atoms with Crippen molar-refractivity contribution in [2.75, 3.05) is 18.8 Å². The minimum absolute atomic E-state index is 0.0302. The van der Waals surface area contributed by atoms with Gasteiger partial charge in [0, 0.05) is 24.6 Å². The summed E-state index contributed by atoms with van der Waals surface area (Å²) in [7, 11) is 0. The molecule has 0 radical (unpaired) electrons. The van der Waals surface area contributed by atoms with Gasteiger partial charge >= 0.3 is 6.09 Å². The number of amides is 1. The van der Waals surface area contributed by atoms with E-state index in [2.05, 4.69) is 20.8 Å². The summed E-state index contributed by atoms with van der Waals surface area (Å²) in [5, 5.41) is 19.5. The molecule has 0 saturated heterocycles. The molecule has 1 amide bonds. The van der Waals surface area contributed by atoms with Gasteiger partial charge in [-0.3, -0.25) is 0 Å². The van der Waals surface area contributed by atoms with Crippen molar-refractivity contribution < 1.29 is 15.0 Å². The quantitative estimate of drug-likeness (QED) is 0.503. The molecule has 0 fully saturated rings. The number of phenolic OH excluding ortho intramolecular Hbond substituents is 1. The van der Waals surface area contributed by atoms with Crippen LogP contribution in [0.4, 0.5) is 10.5 Å². The van der Waals surface area contributed by atoms with Crippen molar-refractivity contribution in [1.82, 2.24) is 4.90 Å². The first kappa shape index (κ1) is 14.5. The lowest BCUT2D eigenvalue weighted by molar-refractivity contribution is 0.135. The zero-order valence-corrected chi connectivity index (χ0v) is 12.2. The lowest BCUT2D eigenvalue weighted by Gasteiger charge is -2.33. The van der Waals surface area contributed by atoms with E-state index in [1.54, 1.807) is 6.07 Å². The predicted octanol–water partition coefficient (Wildman–Crippen LogP) is 2.64. The van der Waals surface area contributed by atoms with Crippen LogP contribution in [0.1, 0.15) is 37.8 Å². The van der Waals surface area contributed by atoms with E-state index in [1.165, 1.54) is 4.90 Å². The molecule has 1 aliphatic heterocycles. The first-order chi connectivity index (χ1) is 9.21. The summed E-state index contributed by atoms with van der Waals surface area (Å²) < 4.78 is 0. The maximum atomic E-state index is 11.3. The number of hydrogen-bond acceptors (Lipinski definition) is 3. The zero-order valence-electron chi connectivity index (χ0n) is 12.2. The summed E-state index contributed by atoms with van der Waals surface area (Å²) >= 11 is 0. The topological polar surface area (TPSA) is 86.8 Å². The average molecular weight is 278 g/mol. The highest BCUT2D eigenvalue weighted by Crippen LogP contribution is 2.42. The van der Waals surface area contributed by atoms with Crippen LogP contribution in [-0.4, -0.2) is 34.3 Å². The largest absolute Gasteiger partial charge is 0.505 e. The van der Waals surface area contributed by atoms with Gasteiger partial charge in [-0.05, 0) is 23.5 Å². The third-order valence-corrected chi connectivity index (χ3v) is 4.08. The van der Waals surface area contributed by atoms with Crippen molar-refractivity contribution >= 4 is 11.8 Å². The number of aromatic hydroxyl groups is 1. The molecule has 5 nitrogen and oxygen atoms in total. The van der Waals surface area contributed by atoms with E-state index in [-0.39, 0.29) is 17.1 Å². The van der Waals surface area contributed by atoms with Crippen LogP contribution in [-0.2, 0) is 6.42 Å². The predicted molar refractivity (Wildman–Crippen MR) is 78.0 cm³/mol. The second-order valence-corrected chi connectivity index (χ2v) is 6.47. The number of carboxylic acid groups (broad SMARTS) is 1. The summed E-state index contributed by atoms with van der Waals surface area (Å²) in [6.45, 7) is 7.07. The summed E-state index contributed by atoms with van der Waals surface area (Å²) in [4.78, 5) is 12.7. The molecule has 0 saturated carbocycles. The van der Waals surface area contributed by atoms with Crippen LogP contribution in [0.5, 0.6) is 5.75 Å². The van der Waals surface area contributed by atoms with Crippen molar-refractivity contribution in [2.45, 2.75) is 33.1 Å². The van der Waals surface area contributed by atoms with Crippen LogP contribution in [0.15, 0.2) is 12.1 Å². The molecule has 1 unspecified atom stereocenters. The number of benzene rings is 1. The number of anilines is 1. The van der Waals surface area contributed by atoms with Crippen molar-refractivity contribution in [3.8, 4) is 5.75 Å². The van der Waals surface area contributed by atoms with Crippen molar-refractivity contribution in [3.05, 3.63) is 23.3 Å². The van der Waals surface area contributed by atoms with E-state index < -0.39 is 6.09 Å². The Hall–Kier alpha value is -1.91. The van der Waals surface area contributed by atoms with Gasteiger partial charge in [-0.1, -0.05) is 26.8 Å². The Bertz CT molecular complexity index is 535. The molecule has 110 valence electrons. The Morgan fingerprint density at radius 3 is 2.60 bits per heavy atom. The van der Waals surface area contributed by atoms with Crippen molar-refractivity contribution in [3.63, 3.8) is 0 Å². The second-order valence-electron chi connectivity index (χ2n) is 6.47. The Labute approximate surface area is 119 Å². The Morgan fingerprint density at radius 1 is 1.40 bits per heavy atom. The Balaban J connectivity index is 2.54. The molecule has 1 heterocycles. The highest BCUT2D eigenvalue weighted by molar-refractivity contribution is 5.66. The first-order valence-corrected chi connectivity index (χ1v) is 6.80. The molecule has 0 aliphatic carbocycles. The van der Waals surface area contributed by atoms with Crippen molar-refractivity contribution in [1.29, 1.82) is 0 Å². The van der Waals surface area contributed by atoms with Gasteiger partial charge in [0.05, 0.1) is 5.69 Å². The number of carbonyl (C=O) groups is 1. The van der Waals surface area contributed by atoms with E-state index >= 15 is 0 Å². The highest BCUT2D eigenvalue weighted by atomic mass is 16.4. The van der Waals surface area contributed by atoms with Crippen molar-refractivity contribution in [2.24, 2.45) is 5.41 Å². The lowest BCUT2D eigenvalue weighted by atomic mass is 9.75. The fraction of sp³-hybridized carbons (Fsp3) is 0.533. The summed E-state index contributed by atoms with van der Waals surface area (Å²) in [5.41, 5.74) is 7.80. The van der Waals surface area contributed by atoms with E-state index in [0.29, 0.717) is 25.2 Å². The van der Waals surface area contributed by atoms with E-state index in [0.717, 1.165) is 11.1 Å². The van der Waals surface area contributed by atoms with Crippen LogP contribution in [0.25, 0.3) is 0 Å². The molecule has 2 rings (SSSR count). The molecular weight excluding hydrogens is 256 g/mol. The van der Waals surface area contributed by atoms with Crippen LogP contribution >= 0.6 is 0 Å². The third kappa shape index (κ3) is 2.53. The summed E-state index contributed by atoms with van der Waals surface area (Å²) in [6, 6.07) is 3.62. The normalized spacial score (nSPS) is 19.4. The minimum atomic E-state index is -0.917. The maximum absolute atomic E-state index is 11.3. The van der Waals surface area contributed by atoms with E-state index in [4.69, 9.17) is 5.73 Å². The molecule has 0 bridgehead atoms. The number of rotatable bonds is 0. The number of nitrogen functional groups attached to an aromatic ring is 1. The molecule has 0 aromatic heterocycles. The summed E-state index contributed by atoms with van der Waals surface area (Å²) in [6.07, 6.45) is -0.426. The van der Waals surface area contributed by atoms with Gasteiger partial charge in [0.1, 0.15) is 5.75 Å². The van der Waals surface area contributed by atoms with Gasteiger partial charge < -0.3 is 20.8 Å².